The van der Waals surface area contributed by atoms with Crippen molar-refractivity contribution in [3.63, 3.8) is 0 Å². The van der Waals surface area contributed by atoms with E-state index in [2.05, 4.69) is 34.9 Å². The van der Waals surface area contributed by atoms with Crippen molar-refractivity contribution < 1.29 is 24.2 Å². The summed E-state index contributed by atoms with van der Waals surface area (Å²) in [5.41, 5.74) is 4.69. The summed E-state index contributed by atoms with van der Waals surface area (Å²) >= 11 is 0. The molecule has 0 radical (unpaired) electrons. The summed E-state index contributed by atoms with van der Waals surface area (Å²) in [7, 11) is 0. The first-order valence-electron chi connectivity index (χ1n) is 12.1. The maximum absolute atomic E-state index is 12.6. The monoisotopic (exact) mass is 462 g/mol. The minimum absolute atomic E-state index is 0.00951. The van der Waals surface area contributed by atoms with Crippen LogP contribution in [0, 0.1) is 17.8 Å². The lowest BCUT2D eigenvalue weighted by Crippen LogP contribution is -2.46. The minimum Gasteiger partial charge on any atom is -0.481 e. The Hall–Kier alpha value is -3.35. The number of carbonyl (C=O) groups is 3. The van der Waals surface area contributed by atoms with Crippen molar-refractivity contribution in [1.29, 1.82) is 0 Å². The van der Waals surface area contributed by atoms with Gasteiger partial charge in [-0.3, -0.25) is 9.59 Å². The van der Waals surface area contributed by atoms with Gasteiger partial charge in [0.1, 0.15) is 6.61 Å². The van der Waals surface area contributed by atoms with E-state index in [1.165, 1.54) is 11.1 Å². The van der Waals surface area contributed by atoms with Crippen LogP contribution >= 0.6 is 0 Å². The van der Waals surface area contributed by atoms with Crippen LogP contribution in [0.4, 0.5) is 4.79 Å². The van der Waals surface area contributed by atoms with Crippen molar-refractivity contribution in [3.8, 4) is 11.1 Å². The standard InChI is InChI=1S/C27H30N2O5/c30-25(29-24-12-6-5-11-21(24)26(31)32)22-13-16(22)14-28-27(33)34-15-23-19-9-3-1-7-17(19)18-8-2-4-10-20(18)23/h1-4,7-10,16,21-24H,5-6,11-15H2,(H,28,33)(H,29,30)(H,31,32)/t16-,21-,22-,24+/m1/s1. The van der Waals surface area contributed by atoms with Crippen LogP contribution in [0.25, 0.3) is 11.1 Å². The van der Waals surface area contributed by atoms with Crippen LogP contribution in [0.3, 0.4) is 0 Å². The molecule has 7 heteroatoms. The van der Waals surface area contributed by atoms with Crippen LogP contribution in [0.5, 0.6) is 0 Å². The number of benzene rings is 2. The number of carboxylic acids is 1. The number of nitrogens with one attached hydrogen (secondary N) is 2. The molecular weight excluding hydrogens is 432 g/mol. The molecule has 2 amide bonds. The number of alkyl carbamates (subject to hydrolysis) is 1. The molecule has 34 heavy (non-hydrogen) atoms. The molecule has 0 spiro atoms. The van der Waals surface area contributed by atoms with Crippen LogP contribution in [0.1, 0.15) is 49.1 Å². The fourth-order valence-corrected chi connectivity index (χ4v) is 5.55. The average molecular weight is 463 g/mol. The van der Waals surface area contributed by atoms with Gasteiger partial charge in [-0.1, -0.05) is 61.4 Å². The number of carbonyl (C=O) groups excluding carboxylic acids is 2. The van der Waals surface area contributed by atoms with E-state index in [-0.39, 0.29) is 36.3 Å². The third kappa shape index (κ3) is 4.52. The molecule has 3 N–H and O–H groups in total. The van der Waals surface area contributed by atoms with E-state index in [9.17, 15) is 19.5 Å². The molecule has 7 nitrogen and oxygen atoms in total. The fourth-order valence-electron chi connectivity index (χ4n) is 5.55. The number of ether oxygens (including phenoxy) is 1. The number of hydrogen-bond donors (Lipinski definition) is 3. The first kappa shape index (κ1) is 22.4. The second-order valence-electron chi connectivity index (χ2n) is 9.65. The fraction of sp³-hybridized carbons (Fsp3) is 0.444. The minimum atomic E-state index is -0.839. The van der Waals surface area contributed by atoms with Gasteiger partial charge in [-0.2, -0.15) is 0 Å². The van der Waals surface area contributed by atoms with Crippen LogP contribution < -0.4 is 10.6 Å². The van der Waals surface area contributed by atoms with Gasteiger partial charge < -0.3 is 20.5 Å². The Morgan fingerprint density at radius 1 is 0.912 bits per heavy atom. The highest BCUT2D eigenvalue weighted by Gasteiger charge is 2.44. The van der Waals surface area contributed by atoms with E-state index < -0.39 is 18.0 Å². The molecule has 2 aromatic carbocycles. The molecule has 0 saturated heterocycles. The van der Waals surface area contributed by atoms with Gasteiger partial charge in [0.05, 0.1) is 5.92 Å². The Labute approximate surface area is 198 Å². The molecule has 2 saturated carbocycles. The number of amides is 2. The van der Waals surface area contributed by atoms with E-state index in [0.717, 1.165) is 24.0 Å². The van der Waals surface area contributed by atoms with Gasteiger partial charge in [0.15, 0.2) is 0 Å². The molecule has 0 aromatic heterocycles. The van der Waals surface area contributed by atoms with Crippen molar-refractivity contribution >= 4 is 18.0 Å². The van der Waals surface area contributed by atoms with Gasteiger partial charge in [-0.15, -0.1) is 0 Å². The normalized spacial score (nSPS) is 25.1. The van der Waals surface area contributed by atoms with Gasteiger partial charge >= 0.3 is 12.1 Å². The summed E-state index contributed by atoms with van der Waals surface area (Å²) in [6.07, 6.45) is 3.35. The average Bonchev–Trinajstić information content (AvgIpc) is 3.57. The zero-order valence-electron chi connectivity index (χ0n) is 19.0. The summed E-state index contributed by atoms with van der Waals surface area (Å²) in [6.45, 7) is 0.633. The Morgan fingerprint density at radius 2 is 1.56 bits per heavy atom. The molecule has 178 valence electrons. The van der Waals surface area contributed by atoms with Crippen LogP contribution in [-0.4, -0.2) is 42.3 Å². The maximum atomic E-state index is 12.6. The maximum Gasteiger partial charge on any atom is 0.407 e. The van der Waals surface area contributed by atoms with E-state index in [1.54, 1.807) is 0 Å². The molecule has 0 heterocycles. The Kier molecular flexibility index (Phi) is 6.26. The van der Waals surface area contributed by atoms with E-state index >= 15 is 0 Å². The van der Waals surface area contributed by atoms with Crippen molar-refractivity contribution in [2.24, 2.45) is 17.8 Å². The van der Waals surface area contributed by atoms with E-state index in [1.807, 2.05) is 24.3 Å². The molecule has 0 aliphatic heterocycles. The first-order valence-corrected chi connectivity index (χ1v) is 12.1. The van der Waals surface area contributed by atoms with Gasteiger partial charge in [0, 0.05) is 24.4 Å². The van der Waals surface area contributed by atoms with Crippen LogP contribution in [-0.2, 0) is 14.3 Å². The second-order valence-corrected chi connectivity index (χ2v) is 9.65. The third-order valence-corrected chi connectivity index (χ3v) is 7.52. The predicted octanol–water partition coefficient (Wildman–Crippen LogP) is 3.92. The second kappa shape index (κ2) is 9.49. The highest BCUT2D eigenvalue weighted by atomic mass is 16.5. The van der Waals surface area contributed by atoms with Crippen molar-refractivity contribution in [2.45, 2.75) is 44.1 Å². The topological polar surface area (TPSA) is 105 Å². The molecule has 3 aliphatic rings. The zero-order valence-corrected chi connectivity index (χ0v) is 19.0. The van der Waals surface area contributed by atoms with Gasteiger partial charge in [0.2, 0.25) is 5.91 Å². The van der Waals surface area contributed by atoms with Crippen molar-refractivity contribution in [1.82, 2.24) is 10.6 Å². The predicted molar refractivity (Wildman–Crippen MR) is 126 cm³/mol. The molecule has 0 bridgehead atoms. The van der Waals surface area contributed by atoms with Crippen LogP contribution in [0.15, 0.2) is 48.5 Å². The summed E-state index contributed by atoms with van der Waals surface area (Å²) in [5, 5.41) is 15.1. The number of rotatable bonds is 7. The lowest BCUT2D eigenvalue weighted by molar-refractivity contribution is -0.144. The smallest absolute Gasteiger partial charge is 0.407 e. The third-order valence-electron chi connectivity index (χ3n) is 7.52. The molecular formula is C27H30N2O5. The van der Waals surface area contributed by atoms with Crippen molar-refractivity contribution in [2.75, 3.05) is 13.2 Å². The number of carboxylic acid groups (broad SMARTS) is 1. The zero-order chi connectivity index (χ0) is 23.7. The van der Waals surface area contributed by atoms with Gasteiger partial charge in [-0.25, -0.2) is 4.79 Å². The Bertz CT molecular complexity index is 1050. The van der Waals surface area contributed by atoms with Gasteiger partial charge in [-0.05, 0) is 47.4 Å². The highest BCUT2D eigenvalue weighted by Crippen LogP contribution is 2.44. The van der Waals surface area contributed by atoms with Crippen LogP contribution in [0.2, 0.25) is 0 Å². The summed E-state index contributed by atoms with van der Waals surface area (Å²) in [6, 6.07) is 16.1. The molecule has 4 atom stereocenters. The molecule has 2 aromatic rings. The molecule has 0 unspecified atom stereocenters. The lowest BCUT2D eigenvalue weighted by Gasteiger charge is -2.29. The van der Waals surface area contributed by atoms with E-state index in [0.29, 0.717) is 25.8 Å². The summed E-state index contributed by atoms with van der Waals surface area (Å²) in [5.74, 6) is -1.55. The van der Waals surface area contributed by atoms with Crippen molar-refractivity contribution in [3.05, 3.63) is 59.7 Å². The Balaban J connectivity index is 1.09. The molecule has 5 rings (SSSR count). The van der Waals surface area contributed by atoms with Gasteiger partial charge in [0.25, 0.3) is 0 Å². The quantitative estimate of drug-likeness (QED) is 0.579. The summed E-state index contributed by atoms with van der Waals surface area (Å²) in [4.78, 5) is 36.4. The lowest BCUT2D eigenvalue weighted by atomic mass is 9.84. The first-order chi connectivity index (χ1) is 16.5. The highest BCUT2D eigenvalue weighted by molar-refractivity contribution is 5.83. The number of hydrogen-bond acceptors (Lipinski definition) is 4. The number of fused-ring (bicyclic) bond motifs is 3. The van der Waals surface area contributed by atoms with E-state index in [4.69, 9.17) is 4.74 Å². The SMILES string of the molecule is O=C(NC[C@H]1C[C@H]1C(=O)N[C@H]1CCCC[C@H]1C(=O)O)OCC1c2ccccc2-c2ccccc21. The number of aliphatic carboxylic acids is 1. The summed E-state index contributed by atoms with van der Waals surface area (Å²) < 4.78 is 5.56. The molecule has 3 aliphatic carbocycles. The Morgan fingerprint density at radius 3 is 2.24 bits per heavy atom. The molecule has 2 fully saturated rings. The largest absolute Gasteiger partial charge is 0.481 e.